The second-order valence-corrected chi connectivity index (χ2v) is 5.35. The smallest absolute Gasteiger partial charge is 0.311 e. The zero-order valence-corrected chi connectivity index (χ0v) is 12.5. The number of nitro benzene ring substituents is 1. The van der Waals surface area contributed by atoms with E-state index in [4.69, 9.17) is 5.73 Å². The Morgan fingerprint density at radius 1 is 1.48 bits per heavy atom. The Morgan fingerprint density at radius 3 is 2.74 bits per heavy atom. The van der Waals surface area contributed by atoms with E-state index in [1.807, 2.05) is 0 Å². The SMILES string of the molecule is Cc1nc(N)sc1C(=O)NN=Cc1cc([N+](=O)[O-])c(O)cc1O. The summed E-state index contributed by atoms with van der Waals surface area (Å²) in [5.41, 5.74) is 7.48. The van der Waals surface area contributed by atoms with Gasteiger partial charge in [-0.25, -0.2) is 10.4 Å². The molecule has 10 nitrogen and oxygen atoms in total. The zero-order chi connectivity index (χ0) is 17.1. The van der Waals surface area contributed by atoms with Crippen molar-refractivity contribution in [2.24, 2.45) is 5.10 Å². The number of aromatic hydroxyl groups is 2. The lowest BCUT2D eigenvalue weighted by Crippen LogP contribution is -2.17. The van der Waals surface area contributed by atoms with E-state index in [2.05, 4.69) is 15.5 Å². The van der Waals surface area contributed by atoms with Gasteiger partial charge in [-0.3, -0.25) is 14.9 Å². The number of aryl methyl sites for hydroxylation is 1. The second-order valence-electron chi connectivity index (χ2n) is 4.32. The summed E-state index contributed by atoms with van der Waals surface area (Å²) in [7, 11) is 0. The molecular formula is C12H11N5O5S. The number of nitrogen functional groups attached to an aromatic ring is 1. The van der Waals surface area contributed by atoms with Crippen LogP contribution < -0.4 is 11.2 Å². The zero-order valence-electron chi connectivity index (χ0n) is 11.7. The molecule has 0 saturated heterocycles. The van der Waals surface area contributed by atoms with Crippen LogP contribution >= 0.6 is 11.3 Å². The van der Waals surface area contributed by atoms with Crippen LogP contribution in [-0.4, -0.2) is 32.2 Å². The predicted octanol–water partition coefficient (Wildman–Crippen LogP) is 1.12. The fourth-order valence-corrected chi connectivity index (χ4v) is 2.39. The largest absolute Gasteiger partial charge is 0.507 e. The number of nitrogens with two attached hydrogens (primary N) is 1. The van der Waals surface area contributed by atoms with Crippen molar-refractivity contribution < 1.29 is 19.9 Å². The highest BCUT2D eigenvalue weighted by Gasteiger charge is 2.17. The van der Waals surface area contributed by atoms with Gasteiger partial charge in [-0.1, -0.05) is 11.3 Å². The summed E-state index contributed by atoms with van der Waals surface area (Å²) >= 11 is 0.989. The third kappa shape index (κ3) is 3.52. The summed E-state index contributed by atoms with van der Waals surface area (Å²) in [6.45, 7) is 1.61. The summed E-state index contributed by atoms with van der Waals surface area (Å²) < 4.78 is 0. The van der Waals surface area contributed by atoms with Gasteiger partial charge in [0, 0.05) is 17.7 Å². The number of phenols is 2. The van der Waals surface area contributed by atoms with Crippen LogP contribution in [0.25, 0.3) is 0 Å². The maximum absolute atomic E-state index is 11.9. The molecule has 0 saturated carbocycles. The maximum Gasteiger partial charge on any atom is 0.311 e. The summed E-state index contributed by atoms with van der Waals surface area (Å²) in [6, 6.07) is 1.74. The third-order valence-electron chi connectivity index (χ3n) is 2.71. The van der Waals surface area contributed by atoms with Crippen molar-refractivity contribution >= 4 is 34.3 Å². The summed E-state index contributed by atoms with van der Waals surface area (Å²) in [6.07, 6.45) is 1.01. The minimum absolute atomic E-state index is 0.0460. The van der Waals surface area contributed by atoms with Crippen molar-refractivity contribution in [3.8, 4) is 11.5 Å². The molecule has 120 valence electrons. The molecule has 0 fully saturated rings. The van der Waals surface area contributed by atoms with E-state index in [0.717, 1.165) is 29.7 Å². The lowest BCUT2D eigenvalue weighted by Gasteiger charge is -2.01. The fourth-order valence-electron chi connectivity index (χ4n) is 1.67. The summed E-state index contributed by atoms with van der Waals surface area (Å²) in [5, 5.41) is 33.5. The van der Waals surface area contributed by atoms with Crippen molar-refractivity contribution in [3.05, 3.63) is 38.4 Å². The molecule has 1 amide bonds. The lowest BCUT2D eigenvalue weighted by atomic mass is 10.2. The van der Waals surface area contributed by atoms with E-state index < -0.39 is 28.0 Å². The van der Waals surface area contributed by atoms with Crippen LogP contribution in [0.2, 0.25) is 0 Å². The first-order valence-corrected chi connectivity index (χ1v) is 6.88. The molecule has 2 aromatic rings. The number of benzene rings is 1. The number of hydrazone groups is 1. The minimum atomic E-state index is -0.811. The Kier molecular flexibility index (Phi) is 4.41. The van der Waals surface area contributed by atoms with Gasteiger partial charge in [-0.15, -0.1) is 0 Å². The van der Waals surface area contributed by atoms with Crippen LogP contribution in [0.15, 0.2) is 17.2 Å². The van der Waals surface area contributed by atoms with E-state index >= 15 is 0 Å². The van der Waals surface area contributed by atoms with E-state index in [0.29, 0.717) is 5.69 Å². The monoisotopic (exact) mass is 337 g/mol. The Hall–Kier alpha value is -3.21. The fraction of sp³-hybridized carbons (Fsp3) is 0.0833. The quantitative estimate of drug-likeness (QED) is 0.368. The predicted molar refractivity (Wildman–Crippen MR) is 82.7 cm³/mol. The van der Waals surface area contributed by atoms with Crippen LogP contribution in [0.1, 0.15) is 20.9 Å². The van der Waals surface area contributed by atoms with Crippen molar-refractivity contribution in [1.29, 1.82) is 0 Å². The molecular weight excluding hydrogens is 326 g/mol. The number of aromatic nitrogens is 1. The number of anilines is 1. The Balaban J connectivity index is 2.17. The number of carbonyl (C=O) groups excluding carboxylic acids is 1. The number of amides is 1. The van der Waals surface area contributed by atoms with Crippen LogP contribution in [0.3, 0.4) is 0 Å². The first kappa shape index (κ1) is 16.2. The number of phenolic OH excluding ortho intramolecular Hbond substituents is 2. The van der Waals surface area contributed by atoms with Gasteiger partial charge < -0.3 is 15.9 Å². The van der Waals surface area contributed by atoms with Gasteiger partial charge in [0.25, 0.3) is 5.91 Å². The van der Waals surface area contributed by atoms with Gasteiger partial charge in [0.2, 0.25) is 0 Å². The molecule has 1 aromatic carbocycles. The molecule has 1 aromatic heterocycles. The van der Waals surface area contributed by atoms with Crippen molar-refractivity contribution in [2.45, 2.75) is 6.92 Å². The van der Waals surface area contributed by atoms with E-state index in [1.54, 1.807) is 6.92 Å². The number of hydrogen-bond acceptors (Lipinski definition) is 9. The average Bonchev–Trinajstić information content (AvgIpc) is 2.79. The van der Waals surface area contributed by atoms with Crippen LogP contribution in [0.5, 0.6) is 11.5 Å². The van der Waals surface area contributed by atoms with E-state index in [9.17, 15) is 25.1 Å². The Bertz CT molecular complexity index is 816. The lowest BCUT2D eigenvalue weighted by molar-refractivity contribution is -0.385. The van der Waals surface area contributed by atoms with Gasteiger partial charge in [-0.2, -0.15) is 5.10 Å². The molecule has 23 heavy (non-hydrogen) atoms. The Morgan fingerprint density at radius 2 is 2.17 bits per heavy atom. The number of thiazole rings is 1. The number of nitro groups is 1. The molecule has 1 heterocycles. The number of nitrogens with one attached hydrogen (secondary N) is 1. The minimum Gasteiger partial charge on any atom is -0.507 e. The normalized spacial score (nSPS) is 10.8. The average molecular weight is 337 g/mol. The molecule has 11 heteroatoms. The molecule has 0 bridgehead atoms. The van der Waals surface area contributed by atoms with Gasteiger partial charge in [0.1, 0.15) is 10.6 Å². The molecule has 0 unspecified atom stereocenters. The molecule has 0 radical (unpaired) electrons. The Labute approximate surface area is 133 Å². The number of hydrogen-bond donors (Lipinski definition) is 4. The maximum atomic E-state index is 11.9. The van der Waals surface area contributed by atoms with Crippen molar-refractivity contribution in [3.63, 3.8) is 0 Å². The van der Waals surface area contributed by atoms with E-state index in [1.165, 1.54) is 0 Å². The number of rotatable bonds is 4. The third-order valence-corrected chi connectivity index (χ3v) is 3.70. The second kappa shape index (κ2) is 6.27. The van der Waals surface area contributed by atoms with Crippen LogP contribution in [0.4, 0.5) is 10.8 Å². The first-order valence-electron chi connectivity index (χ1n) is 6.06. The van der Waals surface area contributed by atoms with Gasteiger partial charge >= 0.3 is 5.69 Å². The molecule has 0 aliphatic carbocycles. The first-order chi connectivity index (χ1) is 10.8. The standard InChI is InChI=1S/C12H11N5O5S/c1-5-10(23-12(13)15-5)11(20)16-14-4-6-2-7(17(21)22)9(19)3-8(6)18/h2-4,18-19H,1H3,(H2,13,15)(H,16,20). The van der Waals surface area contributed by atoms with Crippen molar-refractivity contribution in [2.75, 3.05) is 5.73 Å². The van der Waals surface area contributed by atoms with Crippen molar-refractivity contribution in [1.82, 2.24) is 10.4 Å². The molecule has 0 aliphatic rings. The molecule has 5 N–H and O–H groups in total. The van der Waals surface area contributed by atoms with E-state index in [-0.39, 0.29) is 15.6 Å². The molecule has 2 rings (SSSR count). The number of nitrogens with zero attached hydrogens (tertiary/aromatic N) is 3. The van der Waals surface area contributed by atoms with Gasteiger partial charge in [0.05, 0.1) is 16.8 Å². The highest BCUT2D eigenvalue weighted by molar-refractivity contribution is 7.17. The van der Waals surface area contributed by atoms with Crippen LogP contribution in [-0.2, 0) is 0 Å². The van der Waals surface area contributed by atoms with Gasteiger partial charge in [0.15, 0.2) is 10.9 Å². The topological polar surface area (TPSA) is 164 Å². The summed E-state index contributed by atoms with van der Waals surface area (Å²) in [5.74, 6) is -1.66. The highest BCUT2D eigenvalue weighted by Crippen LogP contribution is 2.31. The van der Waals surface area contributed by atoms with Crippen LogP contribution in [0, 0.1) is 17.0 Å². The number of carbonyl (C=O) groups is 1. The highest BCUT2D eigenvalue weighted by atomic mass is 32.1. The molecule has 0 spiro atoms. The van der Waals surface area contributed by atoms with Gasteiger partial charge in [-0.05, 0) is 6.92 Å². The molecule has 0 atom stereocenters. The molecule has 0 aliphatic heterocycles. The summed E-state index contributed by atoms with van der Waals surface area (Å²) in [4.78, 5) is 25.9.